The molecule has 0 heterocycles. The van der Waals surface area contributed by atoms with E-state index in [0.29, 0.717) is 5.54 Å². The second kappa shape index (κ2) is 5.87. The highest BCUT2D eigenvalue weighted by Gasteiger charge is 2.28. The van der Waals surface area contributed by atoms with Crippen molar-refractivity contribution in [3.8, 4) is 0 Å². The first-order valence-electron chi connectivity index (χ1n) is 4.80. The van der Waals surface area contributed by atoms with Gasteiger partial charge in [0.1, 0.15) is 0 Å². The van der Waals surface area contributed by atoms with E-state index in [4.69, 9.17) is 0 Å². The maximum absolute atomic E-state index is 3.49. The molecule has 0 rings (SSSR count). The van der Waals surface area contributed by atoms with Gasteiger partial charge in [-0.15, -0.1) is 0 Å². The molecule has 0 aliphatic heterocycles. The molecule has 74 valence electrons. The van der Waals surface area contributed by atoms with Gasteiger partial charge in [0.2, 0.25) is 0 Å². The van der Waals surface area contributed by atoms with Gasteiger partial charge >= 0.3 is 0 Å². The predicted molar refractivity (Wildman–Crippen MR) is 59.9 cm³/mol. The molecule has 0 aromatic carbocycles. The summed E-state index contributed by atoms with van der Waals surface area (Å²) in [6.07, 6.45) is 4.68. The van der Waals surface area contributed by atoms with Crippen LogP contribution in [0.25, 0.3) is 0 Å². The Balaban J connectivity index is 4.15. The molecule has 0 bridgehead atoms. The Kier molecular flexibility index (Phi) is 6.02. The van der Waals surface area contributed by atoms with Gasteiger partial charge in [-0.2, -0.15) is 11.8 Å². The van der Waals surface area contributed by atoms with Crippen LogP contribution in [0.3, 0.4) is 0 Å². The van der Waals surface area contributed by atoms with Crippen molar-refractivity contribution in [1.29, 1.82) is 0 Å². The van der Waals surface area contributed by atoms with Crippen LogP contribution in [0.5, 0.6) is 0 Å². The van der Waals surface area contributed by atoms with Gasteiger partial charge in [0, 0.05) is 5.54 Å². The average Bonchev–Trinajstić information content (AvgIpc) is 2.07. The first-order chi connectivity index (χ1) is 5.63. The fraction of sp³-hybridized carbons (Fsp3) is 1.00. The highest BCUT2D eigenvalue weighted by atomic mass is 32.2. The number of hydrogen-bond donors (Lipinski definition) is 1. The molecule has 12 heavy (non-hydrogen) atoms. The zero-order valence-electron chi connectivity index (χ0n) is 9.11. The van der Waals surface area contributed by atoms with Crippen LogP contribution >= 0.6 is 11.8 Å². The van der Waals surface area contributed by atoms with Crippen molar-refractivity contribution in [3.05, 3.63) is 0 Å². The lowest BCUT2D eigenvalue weighted by Crippen LogP contribution is -2.47. The number of hydrogen-bond acceptors (Lipinski definition) is 2. The van der Waals surface area contributed by atoms with Crippen LogP contribution in [0.15, 0.2) is 0 Å². The molecular formula is C10H23NS. The predicted octanol–water partition coefficient (Wildman–Crippen LogP) is 2.76. The molecule has 2 heteroatoms. The quantitative estimate of drug-likeness (QED) is 0.689. The van der Waals surface area contributed by atoms with Crippen molar-refractivity contribution in [1.82, 2.24) is 5.32 Å². The lowest BCUT2D eigenvalue weighted by Gasteiger charge is -2.36. The summed E-state index contributed by atoms with van der Waals surface area (Å²) in [6.45, 7) is 6.89. The molecule has 1 N–H and O–H groups in total. The third-order valence-electron chi connectivity index (χ3n) is 2.99. The van der Waals surface area contributed by atoms with E-state index in [1.54, 1.807) is 0 Å². The Morgan fingerprint density at radius 3 is 2.25 bits per heavy atom. The summed E-state index contributed by atoms with van der Waals surface area (Å²) in [5.41, 5.74) is 0.364. The second-order valence-corrected chi connectivity index (χ2v) is 4.64. The number of rotatable bonds is 6. The summed E-state index contributed by atoms with van der Waals surface area (Å²) in [5, 5.41) is 3.49. The van der Waals surface area contributed by atoms with E-state index in [1.165, 1.54) is 18.6 Å². The second-order valence-electron chi connectivity index (χ2n) is 3.66. The molecular weight excluding hydrogens is 166 g/mol. The zero-order chi connectivity index (χ0) is 9.61. The molecule has 1 unspecified atom stereocenters. The Labute approximate surface area is 81.7 Å². The normalized spacial score (nSPS) is 16.5. The molecule has 0 aromatic heterocycles. The van der Waals surface area contributed by atoms with Crippen molar-refractivity contribution in [2.24, 2.45) is 5.92 Å². The molecule has 0 saturated carbocycles. The molecule has 0 saturated heterocycles. The van der Waals surface area contributed by atoms with Gasteiger partial charge in [-0.05, 0) is 37.8 Å². The molecule has 0 aromatic rings. The van der Waals surface area contributed by atoms with E-state index in [9.17, 15) is 0 Å². The topological polar surface area (TPSA) is 12.0 Å². The van der Waals surface area contributed by atoms with Crippen molar-refractivity contribution in [2.45, 2.75) is 39.2 Å². The van der Waals surface area contributed by atoms with Crippen molar-refractivity contribution in [2.75, 3.05) is 19.1 Å². The van der Waals surface area contributed by atoms with E-state index >= 15 is 0 Å². The van der Waals surface area contributed by atoms with Crippen LogP contribution in [0.1, 0.15) is 33.6 Å². The van der Waals surface area contributed by atoms with Gasteiger partial charge in [-0.3, -0.25) is 0 Å². The van der Waals surface area contributed by atoms with Gasteiger partial charge in [-0.25, -0.2) is 0 Å². The van der Waals surface area contributed by atoms with Gasteiger partial charge in [0.25, 0.3) is 0 Å². The van der Waals surface area contributed by atoms with Crippen LogP contribution in [0.2, 0.25) is 0 Å². The molecule has 1 nitrogen and oxygen atoms in total. The Bertz CT molecular complexity index is 108. The molecule has 0 aliphatic rings. The molecule has 1 atom stereocenters. The van der Waals surface area contributed by atoms with Gasteiger partial charge in [-0.1, -0.05) is 20.8 Å². The monoisotopic (exact) mass is 189 g/mol. The lowest BCUT2D eigenvalue weighted by atomic mass is 9.82. The van der Waals surface area contributed by atoms with Crippen LogP contribution < -0.4 is 5.32 Å². The Hall–Kier alpha value is 0.310. The fourth-order valence-electron chi connectivity index (χ4n) is 1.75. The van der Waals surface area contributed by atoms with Crippen LogP contribution in [-0.4, -0.2) is 24.6 Å². The van der Waals surface area contributed by atoms with Crippen LogP contribution in [-0.2, 0) is 0 Å². The average molecular weight is 189 g/mol. The maximum Gasteiger partial charge on any atom is 0.0206 e. The van der Waals surface area contributed by atoms with Crippen LogP contribution in [0, 0.1) is 5.92 Å². The number of thioether (sulfide) groups is 1. The summed E-state index contributed by atoms with van der Waals surface area (Å²) in [6, 6.07) is 0. The fourth-order valence-corrected chi connectivity index (χ4v) is 2.32. The smallest absolute Gasteiger partial charge is 0.0206 e. The molecule has 0 aliphatic carbocycles. The van der Waals surface area contributed by atoms with E-state index in [1.807, 2.05) is 11.8 Å². The summed E-state index contributed by atoms with van der Waals surface area (Å²) >= 11 is 1.94. The summed E-state index contributed by atoms with van der Waals surface area (Å²) < 4.78 is 0. The Morgan fingerprint density at radius 1 is 1.42 bits per heavy atom. The number of nitrogens with one attached hydrogen (secondary N) is 1. The molecule has 0 fully saturated rings. The van der Waals surface area contributed by atoms with Gasteiger partial charge in [0.15, 0.2) is 0 Å². The lowest BCUT2D eigenvalue weighted by molar-refractivity contribution is 0.236. The van der Waals surface area contributed by atoms with Crippen molar-refractivity contribution >= 4 is 11.8 Å². The standard InChI is InChI=1S/C10H23NS/c1-6-10(11-4,9(2)3)7-8-12-5/h9,11H,6-8H2,1-5H3. The van der Waals surface area contributed by atoms with Crippen LogP contribution in [0.4, 0.5) is 0 Å². The first-order valence-corrected chi connectivity index (χ1v) is 6.20. The Morgan fingerprint density at radius 2 is 2.00 bits per heavy atom. The summed E-state index contributed by atoms with van der Waals surface area (Å²) in [5.74, 6) is 1.98. The van der Waals surface area contributed by atoms with Gasteiger partial charge in [0.05, 0.1) is 0 Å². The highest BCUT2D eigenvalue weighted by Crippen LogP contribution is 2.25. The van der Waals surface area contributed by atoms with E-state index in [-0.39, 0.29) is 0 Å². The van der Waals surface area contributed by atoms with E-state index in [0.717, 1.165) is 5.92 Å². The summed E-state index contributed by atoms with van der Waals surface area (Å²) in [7, 11) is 2.09. The molecule has 0 spiro atoms. The third kappa shape index (κ3) is 2.98. The largest absolute Gasteiger partial charge is 0.314 e. The minimum Gasteiger partial charge on any atom is -0.314 e. The zero-order valence-corrected chi connectivity index (χ0v) is 9.92. The van der Waals surface area contributed by atoms with Crippen molar-refractivity contribution in [3.63, 3.8) is 0 Å². The van der Waals surface area contributed by atoms with Gasteiger partial charge < -0.3 is 5.32 Å². The SMILES string of the molecule is CCC(CCSC)(NC)C(C)C. The summed E-state index contributed by atoms with van der Waals surface area (Å²) in [4.78, 5) is 0. The highest BCUT2D eigenvalue weighted by molar-refractivity contribution is 7.98. The minimum absolute atomic E-state index is 0.364. The maximum atomic E-state index is 3.49. The molecule has 0 amide bonds. The van der Waals surface area contributed by atoms with E-state index < -0.39 is 0 Å². The molecule has 0 radical (unpaired) electrons. The minimum atomic E-state index is 0.364. The van der Waals surface area contributed by atoms with Crippen molar-refractivity contribution < 1.29 is 0 Å². The third-order valence-corrected chi connectivity index (χ3v) is 3.60. The van der Waals surface area contributed by atoms with E-state index in [2.05, 4.69) is 39.4 Å². The first kappa shape index (κ1) is 12.3.